The number of carbonyl (C=O) groups is 3. The molecule has 0 fully saturated rings. The maximum absolute atomic E-state index is 12.9. The van der Waals surface area contributed by atoms with Crippen LogP contribution in [-0.4, -0.2) is 54.5 Å². The van der Waals surface area contributed by atoms with Gasteiger partial charge in [-0.1, -0.05) is 11.8 Å². The van der Waals surface area contributed by atoms with E-state index in [1.807, 2.05) is 6.92 Å². The van der Waals surface area contributed by atoms with E-state index in [0.717, 1.165) is 0 Å². The van der Waals surface area contributed by atoms with Crippen LogP contribution in [0.25, 0.3) is 0 Å². The monoisotopic (exact) mass is 504 g/mol. The quantitative estimate of drug-likeness (QED) is 0.261. The van der Waals surface area contributed by atoms with Crippen molar-refractivity contribution < 1.29 is 28.6 Å². The van der Waals surface area contributed by atoms with Crippen LogP contribution < -0.4 is 15.4 Å². The number of methoxy groups -OCH3 is 2. The number of amides is 2. The molecule has 10 nitrogen and oxygen atoms in total. The number of hydrogen-bond donors (Lipinski definition) is 2. The number of carbonyl (C=O) groups excluding carboxylic acids is 3. The second-order valence-corrected chi connectivity index (χ2v) is 8.09. The van der Waals surface area contributed by atoms with E-state index in [1.54, 1.807) is 73.6 Å². The summed E-state index contributed by atoms with van der Waals surface area (Å²) in [7, 11) is 4.57. The second-order valence-electron chi connectivity index (χ2n) is 8.09. The predicted octanol–water partition coefficient (Wildman–Crippen LogP) is 2.99. The van der Waals surface area contributed by atoms with Crippen molar-refractivity contribution in [3.8, 4) is 17.6 Å². The molecular formula is C27H28N4O6. The van der Waals surface area contributed by atoms with Crippen LogP contribution >= 0.6 is 0 Å². The lowest BCUT2D eigenvalue weighted by Crippen LogP contribution is -2.19. The Kier molecular flexibility index (Phi) is 9.41. The third kappa shape index (κ3) is 8.52. The van der Waals surface area contributed by atoms with Gasteiger partial charge in [-0.05, 0) is 49.4 Å². The molecule has 0 radical (unpaired) electrons. The standard InChI is InChI=1S/C27H28N4O6/c1-18(17-35-3)37-23-14-20(13-21(15-23)27(34)29-24-11-12-31(2)30-24)6-5-19-7-9-22(10-8-19)28-25(32)16-26(33)36-4/h7-15,18H,16-17H2,1-4H3,(H,28,32)(H,29,30,34)/t18-/m0/s1. The van der Waals surface area contributed by atoms with Crippen molar-refractivity contribution in [1.82, 2.24) is 9.78 Å². The zero-order valence-electron chi connectivity index (χ0n) is 21.0. The summed E-state index contributed by atoms with van der Waals surface area (Å²) < 4.78 is 17.1. The molecule has 3 aromatic rings. The summed E-state index contributed by atoms with van der Waals surface area (Å²) in [6.45, 7) is 2.24. The molecule has 0 unspecified atom stereocenters. The van der Waals surface area contributed by atoms with Crippen LogP contribution in [0.1, 0.15) is 34.8 Å². The lowest BCUT2D eigenvalue weighted by Gasteiger charge is -2.15. The van der Waals surface area contributed by atoms with Crippen LogP contribution in [-0.2, 0) is 26.1 Å². The zero-order chi connectivity index (χ0) is 26.8. The SMILES string of the molecule is COC[C@H](C)Oc1cc(C#Cc2ccc(NC(=O)CC(=O)OC)cc2)cc(C(=O)Nc2ccn(C)n2)c1. The summed E-state index contributed by atoms with van der Waals surface area (Å²) in [5.41, 5.74) is 2.14. The highest BCUT2D eigenvalue weighted by atomic mass is 16.5. The van der Waals surface area contributed by atoms with Crippen molar-refractivity contribution in [2.75, 3.05) is 31.5 Å². The van der Waals surface area contributed by atoms with Crippen LogP contribution in [0.2, 0.25) is 0 Å². The fourth-order valence-corrected chi connectivity index (χ4v) is 3.23. The molecule has 1 atom stereocenters. The summed E-state index contributed by atoms with van der Waals surface area (Å²) in [5, 5.41) is 9.55. The Bertz CT molecular complexity index is 1320. The van der Waals surface area contributed by atoms with Crippen LogP contribution in [0.3, 0.4) is 0 Å². The lowest BCUT2D eigenvalue weighted by molar-refractivity contribution is -0.142. The molecule has 3 rings (SSSR count). The highest BCUT2D eigenvalue weighted by molar-refractivity contribution is 6.04. The first-order chi connectivity index (χ1) is 17.7. The number of hydrogen-bond acceptors (Lipinski definition) is 7. The topological polar surface area (TPSA) is 121 Å². The minimum atomic E-state index is -0.615. The Morgan fingerprint density at radius 3 is 2.38 bits per heavy atom. The van der Waals surface area contributed by atoms with Gasteiger partial charge < -0.3 is 24.8 Å². The van der Waals surface area contributed by atoms with E-state index in [9.17, 15) is 14.4 Å². The van der Waals surface area contributed by atoms with Crippen molar-refractivity contribution in [2.45, 2.75) is 19.4 Å². The Balaban J connectivity index is 1.79. The molecule has 10 heteroatoms. The number of aryl methyl sites for hydroxylation is 1. The summed E-state index contributed by atoms with van der Waals surface area (Å²) in [6, 6.07) is 13.6. The number of rotatable bonds is 9. The highest BCUT2D eigenvalue weighted by Crippen LogP contribution is 2.20. The zero-order valence-corrected chi connectivity index (χ0v) is 21.0. The van der Waals surface area contributed by atoms with Gasteiger partial charge in [-0.3, -0.25) is 19.1 Å². The first kappa shape index (κ1) is 27.0. The number of nitrogens with zero attached hydrogens (tertiary/aromatic N) is 2. The number of aromatic nitrogens is 2. The molecule has 37 heavy (non-hydrogen) atoms. The Hall–Kier alpha value is -4.62. The first-order valence-corrected chi connectivity index (χ1v) is 11.4. The maximum Gasteiger partial charge on any atom is 0.315 e. The molecule has 0 saturated carbocycles. The van der Waals surface area contributed by atoms with Gasteiger partial charge in [0.1, 0.15) is 18.3 Å². The molecule has 2 aromatic carbocycles. The van der Waals surface area contributed by atoms with E-state index < -0.39 is 11.9 Å². The molecule has 2 N–H and O–H groups in total. The van der Waals surface area contributed by atoms with Crippen LogP contribution in [0, 0.1) is 11.8 Å². The van der Waals surface area contributed by atoms with Crippen molar-refractivity contribution in [2.24, 2.45) is 7.05 Å². The largest absolute Gasteiger partial charge is 0.488 e. The molecule has 2 amide bonds. The van der Waals surface area contributed by atoms with Crippen LogP contribution in [0.15, 0.2) is 54.7 Å². The number of anilines is 2. The molecule has 0 aliphatic rings. The average Bonchev–Trinajstić information content (AvgIpc) is 3.27. The molecule has 1 aromatic heterocycles. The van der Waals surface area contributed by atoms with Crippen molar-refractivity contribution in [3.63, 3.8) is 0 Å². The van der Waals surface area contributed by atoms with Gasteiger partial charge in [0, 0.05) is 48.8 Å². The van der Waals surface area contributed by atoms with Gasteiger partial charge >= 0.3 is 5.97 Å². The Morgan fingerprint density at radius 1 is 1.00 bits per heavy atom. The summed E-state index contributed by atoms with van der Waals surface area (Å²) in [6.07, 6.45) is 1.13. The van der Waals surface area contributed by atoms with Gasteiger partial charge in [-0.2, -0.15) is 5.10 Å². The number of ether oxygens (including phenoxy) is 3. The van der Waals surface area contributed by atoms with E-state index in [1.165, 1.54) is 7.11 Å². The highest BCUT2D eigenvalue weighted by Gasteiger charge is 2.13. The molecule has 192 valence electrons. The van der Waals surface area contributed by atoms with Gasteiger partial charge in [-0.25, -0.2) is 0 Å². The van der Waals surface area contributed by atoms with Gasteiger partial charge in [0.15, 0.2) is 5.82 Å². The normalized spacial score (nSPS) is 11.0. The molecule has 0 bridgehead atoms. The number of nitrogens with one attached hydrogen (secondary N) is 2. The van der Waals surface area contributed by atoms with E-state index >= 15 is 0 Å². The van der Waals surface area contributed by atoms with Crippen molar-refractivity contribution >= 4 is 29.3 Å². The van der Waals surface area contributed by atoms with E-state index in [4.69, 9.17) is 9.47 Å². The minimum absolute atomic E-state index is 0.234. The first-order valence-electron chi connectivity index (χ1n) is 11.4. The van der Waals surface area contributed by atoms with Crippen LogP contribution in [0.4, 0.5) is 11.5 Å². The van der Waals surface area contributed by atoms with E-state index in [0.29, 0.717) is 40.6 Å². The molecule has 0 aliphatic carbocycles. The number of esters is 1. The van der Waals surface area contributed by atoms with Gasteiger partial charge in [0.05, 0.1) is 13.7 Å². The average molecular weight is 505 g/mol. The smallest absolute Gasteiger partial charge is 0.315 e. The Morgan fingerprint density at radius 2 is 1.73 bits per heavy atom. The maximum atomic E-state index is 12.9. The van der Waals surface area contributed by atoms with Gasteiger partial charge in [0.25, 0.3) is 5.91 Å². The fraction of sp³-hybridized carbons (Fsp3) is 0.259. The predicted molar refractivity (Wildman–Crippen MR) is 137 cm³/mol. The Labute approximate surface area is 214 Å². The van der Waals surface area contributed by atoms with E-state index in [2.05, 4.69) is 32.3 Å². The van der Waals surface area contributed by atoms with Crippen LogP contribution in [0.5, 0.6) is 5.75 Å². The molecule has 0 spiro atoms. The molecule has 1 heterocycles. The lowest BCUT2D eigenvalue weighted by atomic mass is 10.1. The summed E-state index contributed by atoms with van der Waals surface area (Å²) in [5.74, 6) is 5.57. The third-order valence-corrected chi connectivity index (χ3v) is 4.91. The van der Waals surface area contributed by atoms with Crippen molar-refractivity contribution in [3.05, 3.63) is 71.4 Å². The summed E-state index contributed by atoms with van der Waals surface area (Å²) >= 11 is 0. The molecule has 0 aliphatic heterocycles. The van der Waals surface area contributed by atoms with Gasteiger partial charge in [0.2, 0.25) is 5.91 Å². The van der Waals surface area contributed by atoms with Gasteiger partial charge in [-0.15, -0.1) is 0 Å². The van der Waals surface area contributed by atoms with Crippen molar-refractivity contribution in [1.29, 1.82) is 0 Å². The van der Waals surface area contributed by atoms with E-state index in [-0.39, 0.29) is 18.4 Å². The minimum Gasteiger partial charge on any atom is -0.488 e. The fourth-order valence-electron chi connectivity index (χ4n) is 3.23. The molecule has 0 saturated heterocycles. The molecular weight excluding hydrogens is 476 g/mol. The number of benzene rings is 2. The second kappa shape index (κ2) is 12.9. The third-order valence-electron chi connectivity index (χ3n) is 4.91. The summed E-state index contributed by atoms with van der Waals surface area (Å²) in [4.78, 5) is 35.9.